The van der Waals surface area contributed by atoms with Gasteiger partial charge in [0.1, 0.15) is 0 Å². The van der Waals surface area contributed by atoms with Crippen LogP contribution in [0.4, 0.5) is 0 Å². The number of carbonyl (C=O) groups is 1. The maximum atomic E-state index is 12.1. The number of hydrogen-bond donors (Lipinski definition) is 0. The highest BCUT2D eigenvalue weighted by Crippen LogP contribution is 2.24. The van der Waals surface area contributed by atoms with Crippen molar-refractivity contribution >= 4 is 5.91 Å². The molecule has 110 valence electrons. The summed E-state index contributed by atoms with van der Waals surface area (Å²) in [5.41, 5.74) is 0. The molecule has 0 radical (unpaired) electrons. The third-order valence-electron chi connectivity index (χ3n) is 4.65. The van der Waals surface area contributed by atoms with Crippen LogP contribution in [-0.2, 0) is 9.53 Å². The van der Waals surface area contributed by atoms with Crippen molar-refractivity contribution in [2.45, 2.75) is 26.7 Å². The molecule has 4 nitrogen and oxygen atoms in total. The molecule has 2 fully saturated rings. The van der Waals surface area contributed by atoms with Crippen LogP contribution in [0, 0.1) is 17.8 Å². The normalized spacial score (nSPS) is 22.8. The fraction of sp³-hybridized carbons (Fsp3) is 0.933. The fourth-order valence-corrected chi connectivity index (χ4v) is 3.18. The molecule has 0 spiro atoms. The van der Waals surface area contributed by atoms with Crippen molar-refractivity contribution in [3.63, 3.8) is 0 Å². The van der Waals surface area contributed by atoms with Crippen molar-refractivity contribution in [2.24, 2.45) is 17.8 Å². The Labute approximate surface area is 117 Å². The summed E-state index contributed by atoms with van der Waals surface area (Å²) in [5, 5.41) is 0. The number of piperidine rings is 1. The van der Waals surface area contributed by atoms with Crippen molar-refractivity contribution in [1.82, 2.24) is 9.80 Å². The van der Waals surface area contributed by atoms with Gasteiger partial charge in [0.25, 0.3) is 0 Å². The summed E-state index contributed by atoms with van der Waals surface area (Å²) in [4.78, 5) is 16.4. The number of amides is 1. The Morgan fingerprint density at radius 1 is 1.26 bits per heavy atom. The van der Waals surface area contributed by atoms with Gasteiger partial charge in [-0.3, -0.25) is 9.69 Å². The summed E-state index contributed by atoms with van der Waals surface area (Å²) in [5.74, 6) is 2.49. The Morgan fingerprint density at radius 2 is 1.89 bits per heavy atom. The second kappa shape index (κ2) is 6.71. The zero-order valence-electron chi connectivity index (χ0n) is 12.6. The largest absolute Gasteiger partial charge is 0.384 e. The molecule has 2 saturated heterocycles. The molecule has 0 aromatic rings. The molecule has 0 aromatic heterocycles. The molecule has 19 heavy (non-hydrogen) atoms. The highest BCUT2D eigenvalue weighted by atomic mass is 16.5. The molecule has 0 aliphatic carbocycles. The molecule has 0 saturated carbocycles. The van der Waals surface area contributed by atoms with Gasteiger partial charge in [0.05, 0.1) is 13.2 Å². The van der Waals surface area contributed by atoms with Gasteiger partial charge in [0.2, 0.25) is 5.91 Å². The number of likely N-dealkylation sites (tertiary alicyclic amines) is 2. The quantitative estimate of drug-likeness (QED) is 0.757. The molecule has 2 heterocycles. The van der Waals surface area contributed by atoms with Crippen LogP contribution in [-0.4, -0.2) is 62.1 Å². The Hall–Kier alpha value is -0.610. The number of carbonyl (C=O) groups excluding carboxylic acids is 1. The summed E-state index contributed by atoms with van der Waals surface area (Å²) >= 11 is 0. The number of rotatable bonds is 5. The van der Waals surface area contributed by atoms with Gasteiger partial charge in [0.15, 0.2) is 0 Å². The molecule has 4 heteroatoms. The number of hydrogen-bond acceptors (Lipinski definition) is 3. The molecular weight excluding hydrogens is 240 g/mol. The lowest BCUT2D eigenvalue weighted by Crippen LogP contribution is -2.54. The van der Waals surface area contributed by atoms with E-state index in [-0.39, 0.29) is 0 Å². The number of methoxy groups -OCH3 is 1. The maximum Gasteiger partial charge on any atom is 0.236 e. The van der Waals surface area contributed by atoms with Gasteiger partial charge in [-0.25, -0.2) is 0 Å². The molecule has 0 N–H and O–H groups in total. The van der Waals surface area contributed by atoms with Crippen LogP contribution >= 0.6 is 0 Å². The molecule has 2 rings (SSSR count). The molecule has 1 amide bonds. The van der Waals surface area contributed by atoms with Crippen LogP contribution in [0.3, 0.4) is 0 Å². The van der Waals surface area contributed by atoms with E-state index in [0.29, 0.717) is 18.4 Å². The average molecular weight is 268 g/mol. The van der Waals surface area contributed by atoms with E-state index in [4.69, 9.17) is 4.74 Å². The number of nitrogens with zero attached hydrogens (tertiary/aromatic N) is 2. The van der Waals surface area contributed by atoms with Crippen molar-refractivity contribution in [1.29, 1.82) is 0 Å². The van der Waals surface area contributed by atoms with Gasteiger partial charge in [-0.1, -0.05) is 13.8 Å². The Kier molecular flexibility index (Phi) is 5.22. The minimum absolute atomic E-state index is 0.301. The van der Waals surface area contributed by atoms with Crippen LogP contribution in [0.1, 0.15) is 26.7 Å². The summed E-state index contributed by atoms with van der Waals surface area (Å²) < 4.78 is 5.11. The van der Waals surface area contributed by atoms with Crippen LogP contribution in [0.15, 0.2) is 0 Å². The first-order valence-electron chi connectivity index (χ1n) is 7.59. The predicted molar refractivity (Wildman–Crippen MR) is 75.9 cm³/mol. The SMILES string of the molecule is COCC1CN(C(=O)CN2CCC(C(C)C)CC2)C1. The molecule has 2 aliphatic heterocycles. The van der Waals surface area contributed by atoms with Crippen molar-refractivity contribution < 1.29 is 9.53 Å². The first-order valence-corrected chi connectivity index (χ1v) is 7.59. The van der Waals surface area contributed by atoms with E-state index < -0.39 is 0 Å². The standard InChI is InChI=1S/C15H28N2O2/c1-12(2)14-4-6-16(7-5-14)10-15(18)17-8-13(9-17)11-19-3/h12-14H,4-11H2,1-3H3. The van der Waals surface area contributed by atoms with Crippen LogP contribution in [0.2, 0.25) is 0 Å². The third-order valence-corrected chi connectivity index (χ3v) is 4.65. The molecule has 2 aliphatic rings. The zero-order valence-corrected chi connectivity index (χ0v) is 12.6. The van der Waals surface area contributed by atoms with E-state index in [2.05, 4.69) is 18.7 Å². The molecule has 0 unspecified atom stereocenters. The molecular formula is C15H28N2O2. The summed E-state index contributed by atoms with van der Waals surface area (Å²) in [6.07, 6.45) is 2.49. The lowest BCUT2D eigenvalue weighted by Gasteiger charge is -2.41. The molecule has 0 aromatic carbocycles. The van der Waals surface area contributed by atoms with Gasteiger partial charge in [-0.05, 0) is 37.8 Å². The van der Waals surface area contributed by atoms with Crippen molar-refractivity contribution in [3.05, 3.63) is 0 Å². The van der Waals surface area contributed by atoms with Gasteiger partial charge >= 0.3 is 0 Å². The lowest BCUT2D eigenvalue weighted by molar-refractivity contribution is -0.140. The van der Waals surface area contributed by atoms with E-state index in [1.165, 1.54) is 12.8 Å². The Balaban J connectivity index is 1.65. The topological polar surface area (TPSA) is 32.8 Å². The zero-order chi connectivity index (χ0) is 13.8. The highest BCUT2D eigenvalue weighted by Gasteiger charge is 2.31. The predicted octanol–water partition coefficient (Wildman–Crippen LogP) is 1.46. The fourth-order valence-electron chi connectivity index (χ4n) is 3.18. The first kappa shape index (κ1) is 14.8. The van der Waals surface area contributed by atoms with Gasteiger partial charge < -0.3 is 9.64 Å². The highest BCUT2D eigenvalue weighted by molar-refractivity contribution is 5.79. The first-order chi connectivity index (χ1) is 9.10. The van der Waals surface area contributed by atoms with E-state index in [0.717, 1.165) is 44.6 Å². The smallest absolute Gasteiger partial charge is 0.236 e. The summed E-state index contributed by atoms with van der Waals surface area (Å²) in [6, 6.07) is 0. The van der Waals surface area contributed by atoms with Gasteiger partial charge in [0, 0.05) is 26.1 Å². The van der Waals surface area contributed by atoms with Crippen molar-refractivity contribution in [2.75, 3.05) is 46.4 Å². The maximum absolute atomic E-state index is 12.1. The van der Waals surface area contributed by atoms with Crippen LogP contribution in [0.25, 0.3) is 0 Å². The van der Waals surface area contributed by atoms with E-state index >= 15 is 0 Å². The summed E-state index contributed by atoms with van der Waals surface area (Å²) in [6.45, 7) is 9.95. The number of ether oxygens (including phenoxy) is 1. The average Bonchev–Trinajstić information content (AvgIpc) is 2.33. The second-order valence-corrected chi connectivity index (χ2v) is 6.48. The van der Waals surface area contributed by atoms with E-state index in [9.17, 15) is 4.79 Å². The van der Waals surface area contributed by atoms with E-state index in [1.54, 1.807) is 7.11 Å². The Morgan fingerprint density at radius 3 is 2.42 bits per heavy atom. The van der Waals surface area contributed by atoms with Crippen molar-refractivity contribution in [3.8, 4) is 0 Å². The third kappa shape index (κ3) is 3.93. The minimum Gasteiger partial charge on any atom is -0.384 e. The van der Waals surface area contributed by atoms with Crippen LogP contribution < -0.4 is 0 Å². The summed E-state index contributed by atoms with van der Waals surface area (Å²) in [7, 11) is 1.73. The molecule has 0 bridgehead atoms. The van der Waals surface area contributed by atoms with Gasteiger partial charge in [-0.15, -0.1) is 0 Å². The monoisotopic (exact) mass is 268 g/mol. The van der Waals surface area contributed by atoms with Crippen LogP contribution in [0.5, 0.6) is 0 Å². The lowest BCUT2D eigenvalue weighted by atomic mass is 9.87. The Bertz CT molecular complexity index is 293. The van der Waals surface area contributed by atoms with Gasteiger partial charge in [-0.2, -0.15) is 0 Å². The molecule has 0 atom stereocenters. The minimum atomic E-state index is 0.301. The second-order valence-electron chi connectivity index (χ2n) is 6.48. The van der Waals surface area contributed by atoms with E-state index in [1.807, 2.05) is 4.90 Å².